The van der Waals surface area contributed by atoms with Crippen LogP contribution >= 0.6 is 0 Å². The minimum Gasteiger partial charge on any atom is -0.377 e. The van der Waals surface area contributed by atoms with Crippen LogP contribution in [0.5, 0.6) is 0 Å². The van der Waals surface area contributed by atoms with Gasteiger partial charge in [-0.1, -0.05) is 6.92 Å². The lowest BCUT2D eigenvalue weighted by molar-refractivity contribution is -0.134. The average molecular weight is 185 g/mol. The van der Waals surface area contributed by atoms with Crippen LogP contribution in [0.1, 0.15) is 33.1 Å². The van der Waals surface area contributed by atoms with E-state index in [0.29, 0.717) is 6.42 Å². The standard InChI is InChI=1S/C10H19NO2/c1-3-10(12)11-7-5-6-9(8-11)13-4-2/h9H,3-8H2,1-2H3. The SMILES string of the molecule is CCOC1CCCN(C(=O)CC)C1. The molecule has 0 N–H and O–H groups in total. The number of hydrogen-bond donors (Lipinski definition) is 0. The van der Waals surface area contributed by atoms with Crippen molar-refractivity contribution >= 4 is 5.91 Å². The van der Waals surface area contributed by atoms with Gasteiger partial charge in [0, 0.05) is 26.1 Å². The highest BCUT2D eigenvalue weighted by molar-refractivity contribution is 5.75. The van der Waals surface area contributed by atoms with Gasteiger partial charge in [0.15, 0.2) is 0 Å². The zero-order chi connectivity index (χ0) is 9.68. The Hall–Kier alpha value is -0.570. The van der Waals surface area contributed by atoms with Crippen LogP contribution in [0.4, 0.5) is 0 Å². The molecule has 1 amide bonds. The van der Waals surface area contributed by atoms with Gasteiger partial charge in [0.1, 0.15) is 0 Å². The van der Waals surface area contributed by atoms with Gasteiger partial charge in [-0.25, -0.2) is 0 Å². The van der Waals surface area contributed by atoms with Gasteiger partial charge in [0.05, 0.1) is 6.10 Å². The van der Waals surface area contributed by atoms with Crippen LogP contribution in [-0.2, 0) is 9.53 Å². The van der Waals surface area contributed by atoms with Gasteiger partial charge in [0.25, 0.3) is 0 Å². The Morgan fingerprint density at radius 3 is 2.92 bits per heavy atom. The highest BCUT2D eigenvalue weighted by Crippen LogP contribution is 2.13. The van der Waals surface area contributed by atoms with E-state index in [0.717, 1.165) is 32.5 Å². The second-order valence-electron chi connectivity index (χ2n) is 3.41. The third-order valence-electron chi connectivity index (χ3n) is 2.44. The van der Waals surface area contributed by atoms with E-state index < -0.39 is 0 Å². The molecule has 0 radical (unpaired) electrons. The number of nitrogens with zero attached hydrogens (tertiary/aromatic N) is 1. The first-order valence-electron chi connectivity index (χ1n) is 5.17. The minimum atomic E-state index is 0.254. The molecular formula is C10H19NO2. The number of ether oxygens (including phenoxy) is 1. The summed E-state index contributed by atoms with van der Waals surface area (Å²) in [5, 5.41) is 0. The largest absolute Gasteiger partial charge is 0.377 e. The number of amides is 1. The van der Waals surface area contributed by atoms with E-state index >= 15 is 0 Å². The molecule has 1 saturated heterocycles. The van der Waals surface area contributed by atoms with E-state index in [9.17, 15) is 4.79 Å². The van der Waals surface area contributed by atoms with Gasteiger partial charge < -0.3 is 9.64 Å². The van der Waals surface area contributed by atoms with Crippen LogP contribution in [0, 0.1) is 0 Å². The van der Waals surface area contributed by atoms with Crippen molar-refractivity contribution in [3.8, 4) is 0 Å². The molecule has 0 saturated carbocycles. The normalized spacial score (nSPS) is 23.2. The molecule has 1 fully saturated rings. The summed E-state index contributed by atoms with van der Waals surface area (Å²) in [7, 11) is 0. The molecule has 1 rings (SSSR count). The van der Waals surface area contributed by atoms with Gasteiger partial charge in [-0.15, -0.1) is 0 Å². The molecule has 0 aromatic carbocycles. The molecule has 13 heavy (non-hydrogen) atoms. The summed E-state index contributed by atoms with van der Waals surface area (Å²) in [4.78, 5) is 13.3. The molecule has 76 valence electrons. The quantitative estimate of drug-likeness (QED) is 0.665. The summed E-state index contributed by atoms with van der Waals surface area (Å²) in [6.07, 6.45) is 3.06. The zero-order valence-electron chi connectivity index (χ0n) is 8.58. The Bertz CT molecular complexity index is 168. The summed E-state index contributed by atoms with van der Waals surface area (Å²) in [6, 6.07) is 0. The van der Waals surface area contributed by atoms with E-state index in [1.165, 1.54) is 0 Å². The average Bonchev–Trinajstić information content (AvgIpc) is 2.18. The number of hydrogen-bond acceptors (Lipinski definition) is 2. The Labute approximate surface area is 80.1 Å². The minimum absolute atomic E-state index is 0.254. The molecule has 1 aliphatic heterocycles. The summed E-state index contributed by atoms with van der Waals surface area (Å²) < 4.78 is 5.51. The molecule has 1 atom stereocenters. The maximum Gasteiger partial charge on any atom is 0.222 e. The maximum atomic E-state index is 11.4. The summed E-state index contributed by atoms with van der Waals surface area (Å²) in [5.74, 6) is 0.254. The Morgan fingerprint density at radius 2 is 2.31 bits per heavy atom. The Morgan fingerprint density at radius 1 is 1.54 bits per heavy atom. The topological polar surface area (TPSA) is 29.5 Å². The van der Waals surface area contributed by atoms with Crippen molar-refractivity contribution in [1.29, 1.82) is 0 Å². The predicted octanol–water partition coefficient (Wildman–Crippen LogP) is 1.42. The molecule has 3 nitrogen and oxygen atoms in total. The second-order valence-corrected chi connectivity index (χ2v) is 3.41. The molecule has 1 unspecified atom stereocenters. The molecule has 0 aromatic heterocycles. The summed E-state index contributed by atoms with van der Waals surface area (Å²) >= 11 is 0. The molecule has 0 bridgehead atoms. The second kappa shape index (κ2) is 5.22. The van der Waals surface area contributed by atoms with Crippen LogP contribution < -0.4 is 0 Å². The van der Waals surface area contributed by atoms with Gasteiger partial charge in [0.2, 0.25) is 5.91 Å². The van der Waals surface area contributed by atoms with Crippen LogP contribution in [-0.4, -0.2) is 36.6 Å². The summed E-state index contributed by atoms with van der Waals surface area (Å²) in [5.41, 5.74) is 0. The fraction of sp³-hybridized carbons (Fsp3) is 0.900. The van der Waals surface area contributed by atoms with Crippen LogP contribution in [0.2, 0.25) is 0 Å². The van der Waals surface area contributed by atoms with E-state index in [2.05, 4.69) is 0 Å². The number of carbonyl (C=O) groups excluding carboxylic acids is 1. The number of likely N-dealkylation sites (tertiary alicyclic amines) is 1. The van der Waals surface area contributed by atoms with Gasteiger partial charge >= 0.3 is 0 Å². The molecule has 0 aliphatic carbocycles. The fourth-order valence-corrected chi connectivity index (χ4v) is 1.76. The van der Waals surface area contributed by atoms with Crippen molar-refractivity contribution < 1.29 is 9.53 Å². The van der Waals surface area contributed by atoms with Crippen molar-refractivity contribution in [2.24, 2.45) is 0 Å². The molecule has 1 heterocycles. The first-order valence-corrected chi connectivity index (χ1v) is 5.17. The van der Waals surface area contributed by atoms with E-state index in [1.54, 1.807) is 0 Å². The first-order chi connectivity index (χ1) is 6.27. The van der Waals surface area contributed by atoms with Gasteiger partial charge in [-0.2, -0.15) is 0 Å². The fourth-order valence-electron chi connectivity index (χ4n) is 1.76. The lowest BCUT2D eigenvalue weighted by atomic mass is 10.1. The highest BCUT2D eigenvalue weighted by atomic mass is 16.5. The molecule has 0 spiro atoms. The molecular weight excluding hydrogens is 166 g/mol. The Kier molecular flexibility index (Phi) is 4.22. The van der Waals surface area contributed by atoms with Crippen molar-refractivity contribution in [1.82, 2.24) is 4.90 Å². The lowest BCUT2D eigenvalue weighted by Gasteiger charge is -2.32. The van der Waals surface area contributed by atoms with E-state index in [4.69, 9.17) is 4.74 Å². The Balaban J connectivity index is 2.37. The van der Waals surface area contributed by atoms with Crippen LogP contribution in [0.3, 0.4) is 0 Å². The van der Waals surface area contributed by atoms with Crippen LogP contribution in [0.15, 0.2) is 0 Å². The zero-order valence-corrected chi connectivity index (χ0v) is 8.58. The van der Waals surface area contributed by atoms with Gasteiger partial charge in [-0.3, -0.25) is 4.79 Å². The van der Waals surface area contributed by atoms with Crippen molar-refractivity contribution in [2.75, 3.05) is 19.7 Å². The molecule has 3 heteroatoms. The highest BCUT2D eigenvalue weighted by Gasteiger charge is 2.22. The molecule has 1 aliphatic rings. The maximum absolute atomic E-state index is 11.4. The van der Waals surface area contributed by atoms with Crippen molar-refractivity contribution in [3.63, 3.8) is 0 Å². The van der Waals surface area contributed by atoms with Crippen molar-refractivity contribution in [3.05, 3.63) is 0 Å². The number of piperidine rings is 1. The van der Waals surface area contributed by atoms with E-state index in [-0.39, 0.29) is 12.0 Å². The van der Waals surface area contributed by atoms with Gasteiger partial charge in [-0.05, 0) is 19.8 Å². The van der Waals surface area contributed by atoms with Crippen LogP contribution in [0.25, 0.3) is 0 Å². The first kappa shape index (κ1) is 10.5. The summed E-state index contributed by atoms with van der Waals surface area (Å²) in [6.45, 7) is 6.36. The smallest absolute Gasteiger partial charge is 0.222 e. The monoisotopic (exact) mass is 185 g/mol. The third-order valence-corrected chi connectivity index (χ3v) is 2.44. The molecule has 0 aromatic rings. The number of rotatable bonds is 3. The third kappa shape index (κ3) is 2.99. The number of carbonyl (C=O) groups is 1. The van der Waals surface area contributed by atoms with E-state index in [1.807, 2.05) is 18.7 Å². The predicted molar refractivity (Wildman–Crippen MR) is 51.5 cm³/mol. The lowest BCUT2D eigenvalue weighted by Crippen LogP contribution is -2.42. The van der Waals surface area contributed by atoms with Crippen molar-refractivity contribution in [2.45, 2.75) is 39.2 Å².